The Bertz CT molecular complexity index is 771. The maximum Gasteiger partial charge on any atom is 0.573 e. The lowest BCUT2D eigenvalue weighted by Crippen LogP contribution is -2.26. The second kappa shape index (κ2) is 7.90. The Labute approximate surface area is 147 Å². The van der Waals surface area contributed by atoms with Gasteiger partial charge in [0, 0.05) is 19.2 Å². The Balaban J connectivity index is 2.01. The van der Waals surface area contributed by atoms with Gasteiger partial charge in [-0.3, -0.25) is 4.79 Å². The van der Waals surface area contributed by atoms with Crippen LogP contribution in [0.4, 0.5) is 13.2 Å². The normalized spacial score (nSPS) is 11.0. The van der Waals surface area contributed by atoms with Crippen LogP contribution in [-0.4, -0.2) is 37.3 Å². The van der Waals surface area contributed by atoms with Crippen LogP contribution in [0.25, 0.3) is 0 Å². The molecule has 0 aliphatic carbocycles. The van der Waals surface area contributed by atoms with Crippen molar-refractivity contribution in [2.75, 3.05) is 14.2 Å². The molecule has 2 aromatic rings. The summed E-state index contributed by atoms with van der Waals surface area (Å²) in [5, 5.41) is 0. The molecule has 26 heavy (non-hydrogen) atoms. The van der Waals surface area contributed by atoms with Gasteiger partial charge in [0.1, 0.15) is 5.75 Å². The zero-order chi connectivity index (χ0) is 19.3. The summed E-state index contributed by atoms with van der Waals surface area (Å²) in [4.78, 5) is 25.2. The quantitative estimate of drug-likeness (QED) is 0.757. The van der Waals surface area contributed by atoms with Crippen LogP contribution >= 0.6 is 0 Å². The molecular formula is C18H16F3NO4. The Hall–Kier alpha value is -3.03. The number of amides is 1. The number of methoxy groups -OCH3 is 1. The molecule has 138 valence electrons. The Kier molecular flexibility index (Phi) is 5.86. The van der Waals surface area contributed by atoms with Gasteiger partial charge in [-0.2, -0.15) is 0 Å². The SMILES string of the molecule is COC(=O)c1ccc(CN(C)C(=O)c2ccc(OC(F)(F)F)cc2)cc1. The van der Waals surface area contributed by atoms with Crippen molar-refractivity contribution in [3.63, 3.8) is 0 Å². The molecule has 0 aliphatic heterocycles. The van der Waals surface area contributed by atoms with Crippen molar-refractivity contribution < 1.29 is 32.2 Å². The van der Waals surface area contributed by atoms with E-state index in [9.17, 15) is 22.8 Å². The number of halogens is 3. The van der Waals surface area contributed by atoms with Gasteiger partial charge in [-0.05, 0) is 42.0 Å². The third kappa shape index (κ3) is 5.23. The first-order valence-corrected chi connectivity index (χ1v) is 7.48. The molecule has 0 N–H and O–H groups in total. The van der Waals surface area contributed by atoms with Crippen LogP contribution in [0.1, 0.15) is 26.3 Å². The molecule has 0 bridgehead atoms. The van der Waals surface area contributed by atoms with Crippen LogP contribution < -0.4 is 4.74 Å². The van der Waals surface area contributed by atoms with Crippen molar-refractivity contribution in [2.24, 2.45) is 0 Å². The summed E-state index contributed by atoms with van der Waals surface area (Å²) in [6.07, 6.45) is -4.78. The lowest BCUT2D eigenvalue weighted by atomic mass is 10.1. The van der Waals surface area contributed by atoms with Crippen LogP contribution in [-0.2, 0) is 11.3 Å². The number of carbonyl (C=O) groups excluding carboxylic acids is 2. The van der Waals surface area contributed by atoms with E-state index in [0.29, 0.717) is 5.56 Å². The molecule has 0 aliphatic rings. The average molecular weight is 367 g/mol. The molecule has 0 saturated carbocycles. The first kappa shape index (κ1) is 19.3. The highest BCUT2D eigenvalue weighted by atomic mass is 19.4. The third-order valence-electron chi connectivity index (χ3n) is 3.48. The number of alkyl halides is 3. The van der Waals surface area contributed by atoms with E-state index in [1.54, 1.807) is 31.3 Å². The van der Waals surface area contributed by atoms with Gasteiger partial charge in [-0.15, -0.1) is 13.2 Å². The minimum Gasteiger partial charge on any atom is -0.465 e. The molecular weight excluding hydrogens is 351 g/mol. The standard InChI is InChI=1S/C18H16F3NO4/c1-22(11-12-3-5-14(6-4-12)17(24)25-2)16(23)13-7-9-15(10-8-13)26-18(19,20)21/h3-10H,11H2,1-2H3. The Morgan fingerprint density at radius 3 is 2.00 bits per heavy atom. The highest BCUT2D eigenvalue weighted by Crippen LogP contribution is 2.23. The summed E-state index contributed by atoms with van der Waals surface area (Å²) in [6, 6.07) is 11.2. The number of rotatable bonds is 5. The van der Waals surface area contributed by atoms with Gasteiger partial charge in [0.05, 0.1) is 12.7 Å². The molecule has 0 heterocycles. The molecule has 0 saturated heterocycles. The topological polar surface area (TPSA) is 55.8 Å². The summed E-state index contributed by atoms with van der Waals surface area (Å²) in [7, 11) is 2.85. The second-order valence-electron chi connectivity index (χ2n) is 5.42. The monoisotopic (exact) mass is 367 g/mol. The van der Waals surface area contributed by atoms with E-state index in [1.165, 1.54) is 24.1 Å². The first-order chi connectivity index (χ1) is 12.2. The zero-order valence-corrected chi connectivity index (χ0v) is 14.0. The molecule has 0 atom stereocenters. The van der Waals surface area contributed by atoms with Crippen LogP contribution in [0, 0.1) is 0 Å². The van der Waals surface area contributed by atoms with Crippen molar-refractivity contribution in [3.8, 4) is 5.75 Å². The van der Waals surface area contributed by atoms with Crippen LogP contribution in [0.5, 0.6) is 5.75 Å². The molecule has 2 rings (SSSR count). The molecule has 2 aromatic carbocycles. The Morgan fingerprint density at radius 1 is 0.962 bits per heavy atom. The molecule has 8 heteroatoms. The number of carbonyl (C=O) groups is 2. The number of hydrogen-bond donors (Lipinski definition) is 0. The predicted molar refractivity (Wildman–Crippen MR) is 86.7 cm³/mol. The van der Waals surface area contributed by atoms with E-state index in [2.05, 4.69) is 9.47 Å². The molecule has 0 spiro atoms. The summed E-state index contributed by atoms with van der Waals surface area (Å²) in [5.74, 6) is -1.21. The van der Waals surface area contributed by atoms with Gasteiger partial charge in [0.25, 0.3) is 5.91 Å². The van der Waals surface area contributed by atoms with Crippen molar-refractivity contribution >= 4 is 11.9 Å². The number of benzene rings is 2. The number of ether oxygens (including phenoxy) is 2. The van der Waals surface area contributed by atoms with Gasteiger partial charge < -0.3 is 14.4 Å². The van der Waals surface area contributed by atoms with E-state index in [-0.39, 0.29) is 18.0 Å². The van der Waals surface area contributed by atoms with E-state index in [4.69, 9.17) is 0 Å². The van der Waals surface area contributed by atoms with Gasteiger partial charge in [-0.1, -0.05) is 12.1 Å². The molecule has 0 unspecified atom stereocenters. The van der Waals surface area contributed by atoms with Crippen molar-refractivity contribution in [1.29, 1.82) is 0 Å². The van der Waals surface area contributed by atoms with E-state index in [1.807, 2.05) is 0 Å². The smallest absolute Gasteiger partial charge is 0.465 e. The number of hydrogen-bond acceptors (Lipinski definition) is 4. The Morgan fingerprint density at radius 2 is 1.50 bits per heavy atom. The van der Waals surface area contributed by atoms with Gasteiger partial charge in [0.2, 0.25) is 0 Å². The van der Waals surface area contributed by atoms with Gasteiger partial charge in [-0.25, -0.2) is 4.79 Å². The van der Waals surface area contributed by atoms with Crippen molar-refractivity contribution in [2.45, 2.75) is 12.9 Å². The fraction of sp³-hybridized carbons (Fsp3) is 0.222. The maximum absolute atomic E-state index is 12.4. The van der Waals surface area contributed by atoms with Crippen molar-refractivity contribution in [1.82, 2.24) is 4.90 Å². The lowest BCUT2D eigenvalue weighted by Gasteiger charge is -2.18. The largest absolute Gasteiger partial charge is 0.573 e. The van der Waals surface area contributed by atoms with E-state index < -0.39 is 18.1 Å². The minimum atomic E-state index is -4.78. The molecule has 0 radical (unpaired) electrons. The molecule has 0 fully saturated rings. The average Bonchev–Trinajstić information content (AvgIpc) is 2.60. The van der Waals surface area contributed by atoms with Gasteiger partial charge in [0.15, 0.2) is 0 Å². The highest BCUT2D eigenvalue weighted by molar-refractivity contribution is 5.94. The number of nitrogens with zero attached hydrogens (tertiary/aromatic N) is 1. The van der Waals surface area contributed by atoms with E-state index >= 15 is 0 Å². The highest BCUT2D eigenvalue weighted by Gasteiger charge is 2.31. The summed E-state index contributed by atoms with van der Waals surface area (Å²) in [5.41, 5.74) is 1.41. The maximum atomic E-state index is 12.4. The van der Waals surface area contributed by atoms with Crippen LogP contribution in [0.2, 0.25) is 0 Å². The lowest BCUT2D eigenvalue weighted by molar-refractivity contribution is -0.274. The summed E-state index contributed by atoms with van der Waals surface area (Å²) < 4.78 is 44.8. The molecule has 0 aromatic heterocycles. The first-order valence-electron chi connectivity index (χ1n) is 7.48. The van der Waals surface area contributed by atoms with Crippen LogP contribution in [0.15, 0.2) is 48.5 Å². The zero-order valence-electron chi connectivity index (χ0n) is 14.0. The molecule has 5 nitrogen and oxygen atoms in total. The minimum absolute atomic E-state index is 0.230. The van der Waals surface area contributed by atoms with Crippen molar-refractivity contribution in [3.05, 3.63) is 65.2 Å². The van der Waals surface area contributed by atoms with E-state index in [0.717, 1.165) is 17.7 Å². The fourth-order valence-electron chi connectivity index (χ4n) is 2.23. The predicted octanol–water partition coefficient (Wildman–Crippen LogP) is 3.64. The molecule has 1 amide bonds. The summed E-state index contributed by atoms with van der Waals surface area (Å²) in [6.45, 7) is 0.265. The second-order valence-corrected chi connectivity index (χ2v) is 5.42. The summed E-state index contributed by atoms with van der Waals surface area (Å²) >= 11 is 0. The van der Waals surface area contributed by atoms with Gasteiger partial charge >= 0.3 is 12.3 Å². The third-order valence-corrected chi connectivity index (χ3v) is 3.48. The number of esters is 1. The van der Waals surface area contributed by atoms with Crippen LogP contribution in [0.3, 0.4) is 0 Å². The fourth-order valence-corrected chi connectivity index (χ4v) is 2.23.